The molecule has 0 amide bonds. The molecule has 0 atom stereocenters. The van der Waals surface area contributed by atoms with Gasteiger partial charge in [0.05, 0.1) is 11.0 Å². The van der Waals surface area contributed by atoms with Gasteiger partial charge in [0.2, 0.25) is 0 Å². The van der Waals surface area contributed by atoms with Crippen molar-refractivity contribution < 1.29 is 14.4 Å². The Bertz CT molecular complexity index is 413. The fourth-order valence-electron chi connectivity index (χ4n) is 1.18. The number of non-ortho nitro benzene ring substituents is 1. The molecule has 6 heteroatoms. The minimum Gasteiger partial charge on any atom is -0.505 e. The third kappa shape index (κ3) is 2.21. The van der Waals surface area contributed by atoms with Crippen molar-refractivity contribution in [1.82, 2.24) is 0 Å². The van der Waals surface area contributed by atoms with Gasteiger partial charge in [-0.1, -0.05) is 0 Å². The molecule has 0 heterocycles. The van der Waals surface area contributed by atoms with E-state index in [1.807, 2.05) is 0 Å². The number of nitro groups is 1. The molecule has 0 saturated heterocycles. The van der Waals surface area contributed by atoms with Crippen LogP contribution in [0.3, 0.4) is 0 Å². The maximum atomic E-state index is 13.1. The Morgan fingerprint density at radius 2 is 2.07 bits per heavy atom. The number of nitrogens with zero attached hydrogens (tertiary/aromatic N) is 1. The van der Waals surface area contributed by atoms with E-state index in [-0.39, 0.29) is 5.56 Å². The van der Waals surface area contributed by atoms with E-state index in [2.05, 4.69) is 0 Å². The molecule has 0 aliphatic heterocycles. The number of aromatic hydroxyl groups is 1. The SMILES string of the molecule is CC(C)(N)c1cc([N+](=O)[O-])cc(F)c1O. The molecule has 1 aromatic rings. The zero-order valence-corrected chi connectivity index (χ0v) is 8.32. The van der Waals surface area contributed by atoms with Crippen LogP contribution in [0.5, 0.6) is 5.75 Å². The Hall–Kier alpha value is -1.69. The largest absolute Gasteiger partial charge is 0.505 e. The Balaban J connectivity index is 3.45. The van der Waals surface area contributed by atoms with Crippen LogP contribution in [-0.2, 0) is 5.54 Å². The first-order valence-corrected chi connectivity index (χ1v) is 4.19. The van der Waals surface area contributed by atoms with E-state index in [9.17, 15) is 19.6 Å². The first-order valence-electron chi connectivity index (χ1n) is 4.19. The molecule has 0 aliphatic carbocycles. The summed E-state index contributed by atoms with van der Waals surface area (Å²) in [6, 6.07) is 1.73. The summed E-state index contributed by atoms with van der Waals surface area (Å²) in [4.78, 5) is 9.72. The molecule has 5 nitrogen and oxygen atoms in total. The highest BCUT2D eigenvalue weighted by atomic mass is 19.1. The number of nitrogens with two attached hydrogens (primary N) is 1. The van der Waals surface area contributed by atoms with Gasteiger partial charge in [0.25, 0.3) is 5.69 Å². The Morgan fingerprint density at radius 3 is 2.47 bits per heavy atom. The normalized spacial score (nSPS) is 11.5. The average molecular weight is 214 g/mol. The maximum absolute atomic E-state index is 13.1. The summed E-state index contributed by atoms with van der Waals surface area (Å²) in [5.41, 5.74) is 4.18. The van der Waals surface area contributed by atoms with E-state index in [1.54, 1.807) is 0 Å². The van der Waals surface area contributed by atoms with Crippen molar-refractivity contribution >= 4 is 5.69 Å². The molecule has 0 spiro atoms. The molecule has 1 aromatic carbocycles. The monoisotopic (exact) mass is 214 g/mol. The molecule has 1 rings (SSSR count). The fourth-order valence-corrected chi connectivity index (χ4v) is 1.18. The van der Waals surface area contributed by atoms with E-state index in [4.69, 9.17) is 5.73 Å². The van der Waals surface area contributed by atoms with Crippen molar-refractivity contribution in [2.45, 2.75) is 19.4 Å². The molecule has 0 aliphatic rings. The van der Waals surface area contributed by atoms with E-state index in [1.165, 1.54) is 13.8 Å². The van der Waals surface area contributed by atoms with Crippen molar-refractivity contribution in [1.29, 1.82) is 0 Å². The van der Waals surface area contributed by atoms with Gasteiger partial charge in [-0.2, -0.15) is 0 Å². The third-order valence-electron chi connectivity index (χ3n) is 1.95. The number of rotatable bonds is 2. The summed E-state index contributed by atoms with van der Waals surface area (Å²) in [5, 5.41) is 19.8. The van der Waals surface area contributed by atoms with Gasteiger partial charge in [-0.15, -0.1) is 0 Å². The molecular weight excluding hydrogens is 203 g/mol. The topological polar surface area (TPSA) is 89.4 Å². The van der Waals surface area contributed by atoms with Gasteiger partial charge in [0.1, 0.15) is 0 Å². The van der Waals surface area contributed by atoms with Crippen LogP contribution in [0.2, 0.25) is 0 Å². The fraction of sp³-hybridized carbons (Fsp3) is 0.333. The van der Waals surface area contributed by atoms with Crippen molar-refractivity contribution in [3.05, 3.63) is 33.6 Å². The number of hydrogen-bond donors (Lipinski definition) is 2. The van der Waals surface area contributed by atoms with Crippen molar-refractivity contribution in [2.75, 3.05) is 0 Å². The molecular formula is C9H11FN2O3. The van der Waals surface area contributed by atoms with E-state index < -0.39 is 27.7 Å². The number of nitro benzene ring substituents is 1. The van der Waals surface area contributed by atoms with E-state index in [0.29, 0.717) is 6.07 Å². The zero-order valence-electron chi connectivity index (χ0n) is 8.32. The van der Waals surface area contributed by atoms with Gasteiger partial charge >= 0.3 is 0 Å². The number of benzene rings is 1. The smallest absolute Gasteiger partial charge is 0.272 e. The van der Waals surface area contributed by atoms with Crippen molar-refractivity contribution in [3.8, 4) is 5.75 Å². The Kier molecular flexibility index (Phi) is 2.63. The summed E-state index contributed by atoms with van der Waals surface area (Å²) in [5.74, 6) is -1.69. The minimum absolute atomic E-state index is 0.00852. The average Bonchev–Trinajstić information content (AvgIpc) is 2.06. The number of phenols is 1. The number of phenolic OH excluding ortho intramolecular Hbond substituents is 1. The van der Waals surface area contributed by atoms with Gasteiger partial charge in [-0.05, 0) is 13.8 Å². The van der Waals surface area contributed by atoms with Crippen LogP contribution >= 0.6 is 0 Å². The van der Waals surface area contributed by atoms with Crippen LogP contribution in [0.15, 0.2) is 12.1 Å². The lowest BCUT2D eigenvalue weighted by atomic mass is 9.94. The first kappa shape index (κ1) is 11.4. The van der Waals surface area contributed by atoms with E-state index in [0.717, 1.165) is 6.07 Å². The molecule has 15 heavy (non-hydrogen) atoms. The minimum atomic E-state index is -1.04. The lowest BCUT2D eigenvalue weighted by Gasteiger charge is -2.20. The van der Waals surface area contributed by atoms with Crippen LogP contribution in [0.1, 0.15) is 19.4 Å². The summed E-state index contributed by atoms with van der Waals surface area (Å²) in [6.07, 6.45) is 0. The molecule has 0 unspecified atom stereocenters. The van der Waals surface area contributed by atoms with Crippen LogP contribution in [0.4, 0.5) is 10.1 Å². The quantitative estimate of drug-likeness (QED) is 0.578. The van der Waals surface area contributed by atoms with Crippen LogP contribution in [0.25, 0.3) is 0 Å². The van der Waals surface area contributed by atoms with Crippen LogP contribution in [0, 0.1) is 15.9 Å². The second-order valence-corrected chi connectivity index (χ2v) is 3.80. The van der Waals surface area contributed by atoms with E-state index >= 15 is 0 Å². The molecule has 82 valence electrons. The van der Waals surface area contributed by atoms with Crippen molar-refractivity contribution in [3.63, 3.8) is 0 Å². The zero-order chi connectivity index (χ0) is 11.8. The maximum Gasteiger partial charge on any atom is 0.272 e. The molecule has 3 N–H and O–H groups in total. The summed E-state index contributed by atoms with van der Waals surface area (Å²) < 4.78 is 13.1. The Labute approximate surface area is 85.5 Å². The molecule has 0 radical (unpaired) electrons. The summed E-state index contributed by atoms with van der Waals surface area (Å²) in [7, 11) is 0. The lowest BCUT2D eigenvalue weighted by molar-refractivity contribution is -0.385. The second-order valence-electron chi connectivity index (χ2n) is 3.80. The van der Waals surface area contributed by atoms with Gasteiger partial charge in [0, 0.05) is 17.2 Å². The third-order valence-corrected chi connectivity index (χ3v) is 1.95. The molecule has 0 saturated carbocycles. The lowest BCUT2D eigenvalue weighted by Crippen LogP contribution is -2.29. The van der Waals surface area contributed by atoms with Gasteiger partial charge < -0.3 is 10.8 Å². The molecule has 0 bridgehead atoms. The second kappa shape index (κ2) is 3.47. The number of hydrogen-bond acceptors (Lipinski definition) is 4. The van der Waals surface area contributed by atoms with Gasteiger partial charge in [0.15, 0.2) is 11.6 Å². The summed E-state index contributed by atoms with van der Waals surface area (Å²) in [6.45, 7) is 3.04. The highest BCUT2D eigenvalue weighted by molar-refractivity contribution is 5.47. The highest BCUT2D eigenvalue weighted by Gasteiger charge is 2.25. The van der Waals surface area contributed by atoms with Gasteiger partial charge in [-0.3, -0.25) is 10.1 Å². The standard InChI is InChI=1S/C9H11FN2O3/c1-9(2,11)6-3-5(12(14)15)4-7(10)8(6)13/h3-4,13H,11H2,1-2H3. The molecule has 0 aromatic heterocycles. The number of halogens is 1. The van der Waals surface area contributed by atoms with Crippen LogP contribution in [-0.4, -0.2) is 10.0 Å². The highest BCUT2D eigenvalue weighted by Crippen LogP contribution is 2.33. The van der Waals surface area contributed by atoms with Crippen LogP contribution < -0.4 is 5.73 Å². The Morgan fingerprint density at radius 1 is 1.53 bits per heavy atom. The summed E-state index contributed by atoms with van der Waals surface area (Å²) >= 11 is 0. The molecule has 0 fully saturated rings. The van der Waals surface area contributed by atoms with Gasteiger partial charge in [-0.25, -0.2) is 4.39 Å². The van der Waals surface area contributed by atoms with Crippen molar-refractivity contribution in [2.24, 2.45) is 5.73 Å². The predicted octanol–water partition coefficient (Wildman–Crippen LogP) is 1.63. The first-order chi connectivity index (χ1) is 6.73. The predicted molar refractivity (Wildman–Crippen MR) is 51.9 cm³/mol.